The Morgan fingerprint density at radius 2 is 1.33 bits per heavy atom. The SMILES string of the molecule is CCCCCCCCCCCCCC=C[C@@H](O)[C@@H](N)C(=N)N.Cl.Cl. The third-order valence-corrected chi connectivity index (χ3v) is 4.03. The number of halogens is 2. The number of amidine groups is 1. The van der Waals surface area contributed by atoms with E-state index in [-0.39, 0.29) is 30.6 Å². The van der Waals surface area contributed by atoms with Crippen molar-refractivity contribution >= 4 is 30.6 Å². The van der Waals surface area contributed by atoms with Crippen LogP contribution in [0.3, 0.4) is 0 Å². The third-order valence-electron chi connectivity index (χ3n) is 4.03. The van der Waals surface area contributed by atoms with Gasteiger partial charge in [-0.2, -0.15) is 0 Å². The van der Waals surface area contributed by atoms with Gasteiger partial charge >= 0.3 is 0 Å². The molecule has 0 aliphatic heterocycles. The molecule has 0 unspecified atom stereocenters. The lowest BCUT2D eigenvalue weighted by atomic mass is 10.0. The van der Waals surface area contributed by atoms with E-state index in [4.69, 9.17) is 16.9 Å². The van der Waals surface area contributed by atoms with E-state index in [0.29, 0.717) is 0 Å². The van der Waals surface area contributed by atoms with Crippen molar-refractivity contribution in [3.63, 3.8) is 0 Å². The van der Waals surface area contributed by atoms with E-state index in [9.17, 15) is 5.11 Å². The predicted molar refractivity (Wildman–Crippen MR) is 111 cm³/mol. The van der Waals surface area contributed by atoms with Crippen LogP contribution in [-0.4, -0.2) is 23.1 Å². The van der Waals surface area contributed by atoms with Gasteiger partial charge in [-0.1, -0.05) is 83.3 Å². The largest absolute Gasteiger partial charge is 0.387 e. The molecule has 0 heterocycles. The maximum absolute atomic E-state index is 9.63. The summed E-state index contributed by atoms with van der Waals surface area (Å²) in [5, 5.41) is 16.8. The summed E-state index contributed by atoms with van der Waals surface area (Å²) in [5.74, 6) is -0.174. The number of nitrogens with two attached hydrogens (primary N) is 2. The highest BCUT2D eigenvalue weighted by molar-refractivity contribution is 5.85. The first-order valence-electron chi connectivity index (χ1n) is 9.03. The lowest BCUT2D eigenvalue weighted by Crippen LogP contribution is -2.44. The zero-order valence-electron chi connectivity index (χ0n) is 15.2. The molecule has 0 aromatic rings. The van der Waals surface area contributed by atoms with Gasteiger partial charge < -0.3 is 16.6 Å². The standard InChI is InChI=1S/C18H37N3O.2ClH/c1-2-3-4-5-6-7-8-9-10-11-12-13-14-15-16(22)17(19)18(20)21;;/h14-17,22H,2-13,19H2,1H3,(H3,20,21);2*1H/t16-,17-;;/m1../s1. The van der Waals surface area contributed by atoms with Crippen LogP contribution in [0.1, 0.15) is 84.0 Å². The Balaban J connectivity index is -0.00000220. The minimum absolute atomic E-state index is 0. The van der Waals surface area contributed by atoms with Crippen LogP contribution in [0.25, 0.3) is 0 Å². The fourth-order valence-corrected chi connectivity index (χ4v) is 2.47. The Morgan fingerprint density at radius 1 is 0.917 bits per heavy atom. The Kier molecular flexibility index (Phi) is 24.7. The summed E-state index contributed by atoms with van der Waals surface area (Å²) in [6, 6.07) is -0.784. The zero-order chi connectivity index (χ0) is 16.6. The normalized spacial score (nSPS) is 13.1. The number of nitrogens with one attached hydrogen (secondary N) is 1. The van der Waals surface area contributed by atoms with E-state index in [1.54, 1.807) is 6.08 Å². The van der Waals surface area contributed by atoms with Gasteiger partial charge in [0.15, 0.2) is 0 Å². The average Bonchev–Trinajstić information content (AvgIpc) is 2.50. The maximum atomic E-state index is 9.63. The van der Waals surface area contributed by atoms with Gasteiger partial charge in [0.25, 0.3) is 0 Å². The first kappa shape index (κ1) is 28.5. The van der Waals surface area contributed by atoms with Crippen molar-refractivity contribution in [1.82, 2.24) is 0 Å². The van der Waals surface area contributed by atoms with Crippen molar-refractivity contribution in [3.8, 4) is 0 Å². The van der Waals surface area contributed by atoms with Crippen LogP contribution >= 0.6 is 24.8 Å². The average molecular weight is 384 g/mol. The fraction of sp³-hybridized carbons (Fsp3) is 0.833. The molecule has 4 nitrogen and oxygen atoms in total. The summed E-state index contributed by atoms with van der Waals surface area (Å²) in [6.07, 6.45) is 18.4. The van der Waals surface area contributed by atoms with Gasteiger partial charge in [0, 0.05) is 0 Å². The number of aliphatic hydroxyl groups excluding tert-OH is 1. The molecule has 2 atom stereocenters. The monoisotopic (exact) mass is 383 g/mol. The molecule has 0 fully saturated rings. The molecule has 0 aliphatic rings. The van der Waals surface area contributed by atoms with Crippen molar-refractivity contribution in [2.24, 2.45) is 11.5 Å². The molecule has 0 spiro atoms. The van der Waals surface area contributed by atoms with Gasteiger partial charge in [0.05, 0.1) is 12.1 Å². The van der Waals surface area contributed by atoms with Crippen molar-refractivity contribution in [1.29, 1.82) is 5.41 Å². The van der Waals surface area contributed by atoms with Crippen LogP contribution in [0.5, 0.6) is 0 Å². The molecule has 0 bridgehead atoms. The first-order valence-corrected chi connectivity index (χ1v) is 9.03. The predicted octanol–water partition coefficient (Wildman–Crippen LogP) is 4.71. The molecule has 0 radical (unpaired) electrons. The fourth-order valence-electron chi connectivity index (χ4n) is 2.47. The third kappa shape index (κ3) is 18.1. The van der Waals surface area contributed by atoms with Gasteiger partial charge in [-0.25, -0.2) is 0 Å². The van der Waals surface area contributed by atoms with Crippen LogP contribution in [0.4, 0.5) is 0 Å². The van der Waals surface area contributed by atoms with Crippen LogP contribution < -0.4 is 11.5 Å². The smallest absolute Gasteiger partial charge is 0.111 e. The van der Waals surface area contributed by atoms with Crippen LogP contribution in [0.15, 0.2) is 12.2 Å². The first-order chi connectivity index (χ1) is 10.6. The molecule has 0 aliphatic carbocycles. The molecular formula is C18H39Cl2N3O. The van der Waals surface area contributed by atoms with Gasteiger partial charge in [-0.05, 0) is 12.8 Å². The number of aliphatic hydroxyl groups is 1. The second-order valence-electron chi connectivity index (χ2n) is 6.22. The molecule has 146 valence electrons. The highest BCUT2D eigenvalue weighted by atomic mass is 35.5. The van der Waals surface area contributed by atoms with Gasteiger partial charge in [-0.3, -0.25) is 5.41 Å². The molecular weight excluding hydrogens is 345 g/mol. The second-order valence-corrected chi connectivity index (χ2v) is 6.22. The number of unbranched alkanes of at least 4 members (excludes halogenated alkanes) is 11. The molecule has 0 rings (SSSR count). The molecule has 0 aromatic heterocycles. The molecule has 0 aromatic carbocycles. The Morgan fingerprint density at radius 3 is 1.75 bits per heavy atom. The van der Waals surface area contributed by atoms with Gasteiger partial charge in [-0.15, -0.1) is 24.8 Å². The minimum atomic E-state index is -0.842. The van der Waals surface area contributed by atoms with Crippen molar-refractivity contribution < 1.29 is 5.11 Å². The molecule has 6 heteroatoms. The second kappa shape index (κ2) is 20.8. The zero-order valence-corrected chi connectivity index (χ0v) is 16.8. The summed E-state index contributed by atoms with van der Waals surface area (Å²) in [6.45, 7) is 2.26. The van der Waals surface area contributed by atoms with Gasteiger partial charge in [0.1, 0.15) is 5.84 Å². The lowest BCUT2D eigenvalue weighted by molar-refractivity contribution is 0.213. The molecule has 24 heavy (non-hydrogen) atoms. The summed E-state index contributed by atoms with van der Waals surface area (Å²) < 4.78 is 0. The molecule has 6 N–H and O–H groups in total. The highest BCUT2D eigenvalue weighted by Gasteiger charge is 2.13. The van der Waals surface area contributed by atoms with Crippen LogP contribution in [0, 0.1) is 5.41 Å². The molecule has 0 saturated heterocycles. The van der Waals surface area contributed by atoms with Crippen LogP contribution in [-0.2, 0) is 0 Å². The summed E-state index contributed by atoms with van der Waals surface area (Å²) in [7, 11) is 0. The number of hydrogen-bond donors (Lipinski definition) is 4. The van der Waals surface area contributed by atoms with E-state index in [0.717, 1.165) is 12.8 Å². The van der Waals surface area contributed by atoms with Crippen LogP contribution in [0.2, 0.25) is 0 Å². The topological polar surface area (TPSA) is 96.1 Å². The minimum Gasteiger partial charge on any atom is -0.387 e. The summed E-state index contributed by atoms with van der Waals surface area (Å²) >= 11 is 0. The lowest BCUT2D eigenvalue weighted by Gasteiger charge is -2.13. The highest BCUT2D eigenvalue weighted by Crippen LogP contribution is 2.12. The summed E-state index contributed by atoms with van der Waals surface area (Å²) in [5.41, 5.74) is 10.8. The van der Waals surface area contributed by atoms with E-state index in [1.807, 2.05) is 6.08 Å². The van der Waals surface area contributed by atoms with E-state index in [1.165, 1.54) is 64.2 Å². The Labute approximate surface area is 161 Å². The van der Waals surface area contributed by atoms with E-state index >= 15 is 0 Å². The number of hydrogen-bond acceptors (Lipinski definition) is 3. The van der Waals surface area contributed by atoms with E-state index < -0.39 is 12.1 Å². The summed E-state index contributed by atoms with van der Waals surface area (Å²) in [4.78, 5) is 0. The van der Waals surface area contributed by atoms with Crippen molar-refractivity contribution in [2.75, 3.05) is 0 Å². The molecule has 0 saturated carbocycles. The number of rotatable bonds is 15. The number of allylic oxidation sites excluding steroid dienone is 1. The maximum Gasteiger partial charge on any atom is 0.111 e. The van der Waals surface area contributed by atoms with Crippen molar-refractivity contribution in [3.05, 3.63) is 12.2 Å². The van der Waals surface area contributed by atoms with Gasteiger partial charge in [0.2, 0.25) is 0 Å². The van der Waals surface area contributed by atoms with E-state index in [2.05, 4.69) is 6.92 Å². The Bertz CT molecular complexity index is 302. The Hall–Kier alpha value is -0.290. The molecule has 0 amide bonds. The van der Waals surface area contributed by atoms with Crippen molar-refractivity contribution in [2.45, 2.75) is 96.1 Å². The quantitative estimate of drug-likeness (QED) is 0.142.